The minimum absolute atomic E-state index is 0.0947. The van der Waals surface area contributed by atoms with E-state index in [1.54, 1.807) is 19.2 Å². The number of piperidine rings is 3. The number of nitrogens with zero attached hydrogens (tertiary/aromatic N) is 2. The third-order valence-corrected chi connectivity index (χ3v) is 7.80. The van der Waals surface area contributed by atoms with Gasteiger partial charge in [0.05, 0.1) is 6.04 Å². The number of amides is 3. The lowest BCUT2D eigenvalue weighted by Gasteiger charge is -2.48. The summed E-state index contributed by atoms with van der Waals surface area (Å²) in [5.74, 6) is -0.479. The first-order valence-electron chi connectivity index (χ1n) is 11.9. The Bertz CT molecular complexity index is 1030. The van der Waals surface area contributed by atoms with E-state index >= 15 is 0 Å². The predicted octanol–water partition coefficient (Wildman–Crippen LogP) is 3.33. The second kappa shape index (κ2) is 8.78. The molecular weight excluding hydrogens is 419 g/mol. The zero-order valence-corrected chi connectivity index (χ0v) is 19.1. The van der Waals surface area contributed by atoms with Crippen molar-refractivity contribution < 1.29 is 14.0 Å². The topological polar surface area (TPSA) is 64.7 Å². The maximum absolute atomic E-state index is 13.7. The van der Waals surface area contributed by atoms with Gasteiger partial charge in [0.25, 0.3) is 5.91 Å². The van der Waals surface area contributed by atoms with E-state index in [0.29, 0.717) is 25.1 Å². The fraction of sp³-hybridized carbons (Fsp3) is 0.462. The Morgan fingerprint density at radius 2 is 1.73 bits per heavy atom. The van der Waals surface area contributed by atoms with Gasteiger partial charge in [0.1, 0.15) is 5.82 Å². The highest BCUT2D eigenvalue weighted by molar-refractivity contribution is 5.94. The third kappa shape index (κ3) is 4.22. The molecule has 4 aliphatic rings. The molecule has 0 aliphatic carbocycles. The van der Waals surface area contributed by atoms with Crippen LogP contribution in [-0.4, -0.2) is 61.5 Å². The monoisotopic (exact) mass is 450 g/mol. The van der Waals surface area contributed by atoms with E-state index in [-0.39, 0.29) is 29.2 Å². The molecule has 0 radical (unpaired) electrons. The molecule has 3 amide bonds. The molecule has 0 aromatic heterocycles. The van der Waals surface area contributed by atoms with Crippen molar-refractivity contribution in [3.8, 4) is 0 Å². The zero-order chi connectivity index (χ0) is 23.0. The van der Waals surface area contributed by atoms with Gasteiger partial charge in [0.2, 0.25) is 0 Å². The van der Waals surface area contributed by atoms with Crippen LogP contribution in [0.3, 0.4) is 0 Å². The van der Waals surface area contributed by atoms with E-state index in [4.69, 9.17) is 0 Å². The summed E-state index contributed by atoms with van der Waals surface area (Å²) < 4.78 is 13.7. The Kier molecular flexibility index (Phi) is 5.83. The standard InChI is InChI=1S/C26H31FN4O2/c1-28-24(32)20-3-2-18-8-12-31(23(22(18)16-20)19-4-6-21(27)7-5-19)25(33)29-17-26-9-13-30(14-10-26)15-11-26/h2-7,16,23H,8-15,17H2,1H3,(H,28,32)(H,29,33)/t23-/m0/s1. The lowest BCUT2D eigenvalue weighted by atomic mass is 9.72. The molecule has 3 saturated heterocycles. The molecule has 2 aromatic rings. The van der Waals surface area contributed by atoms with Crippen LogP contribution in [0.1, 0.15) is 52.4 Å². The fourth-order valence-corrected chi connectivity index (χ4v) is 5.65. The summed E-state index contributed by atoms with van der Waals surface area (Å²) >= 11 is 0. The van der Waals surface area contributed by atoms with Gasteiger partial charge in [-0.1, -0.05) is 18.2 Å². The molecule has 0 spiro atoms. The van der Waals surface area contributed by atoms with Gasteiger partial charge in [-0.05, 0) is 91.7 Å². The lowest BCUT2D eigenvalue weighted by molar-refractivity contribution is 0.0272. The van der Waals surface area contributed by atoms with Gasteiger partial charge in [-0.25, -0.2) is 9.18 Å². The number of urea groups is 1. The molecule has 174 valence electrons. The number of carbonyl (C=O) groups is 2. The van der Waals surface area contributed by atoms with Crippen LogP contribution in [0.5, 0.6) is 0 Å². The minimum atomic E-state index is -0.371. The van der Waals surface area contributed by atoms with E-state index in [9.17, 15) is 14.0 Å². The highest BCUT2D eigenvalue weighted by Gasteiger charge is 2.40. The molecule has 2 aromatic carbocycles. The Morgan fingerprint density at radius 1 is 1.03 bits per heavy atom. The summed E-state index contributed by atoms with van der Waals surface area (Å²) in [5.41, 5.74) is 3.63. The number of nitrogens with one attached hydrogen (secondary N) is 2. The van der Waals surface area contributed by atoms with Gasteiger partial charge in [-0.3, -0.25) is 4.79 Å². The van der Waals surface area contributed by atoms with Crippen molar-refractivity contribution in [3.63, 3.8) is 0 Å². The summed E-state index contributed by atoms with van der Waals surface area (Å²) in [6.07, 6.45) is 4.11. The molecule has 3 fully saturated rings. The molecule has 0 unspecified atom stereocenters. The van der Waals surface area contributed by atoms with Crippen LogP contribution in [-0.2, 0) is 6.42 Å². The number of hydrogen-bond acceptors (Lipinski definition) is 3. The smallest absolute Gasteiger partial charge is 0.318 e. The number of halogens is 1. The Labute approximate surface area is 194 Å². The average molecular weight is 451 g/mol. The summed E-state index contributed by atoms with van der Waals surface area (Å²) in [6.45, 7) is 4.62. The number of carbonyl (C=O) groups excluding carboxylic acids is 2. The number of hydrogen-bond donors (Lipinski definition) is 2. The van der Waals surface area contributed by atoms with Crippen LogP contribution in [0.25, 0.3) is 0 Å². The molecule has 4 aliphatic heterocycles. The molecule has 2 N–H and O–H groups in total. The summed E-state index contributed by atoms with van der Waals surface area (Å²) in [4.78, 5) is 30.1. The first-order valence-corrected chi connectivity index (χ1v) is 11.9. The minimum Gasteiger partial charge on any atom is -0.355 e. The van der Waals surface area contributed by atoms with Crippen molar-refractivity contribution in [1.82, 2.24) is 20.4 Å². The van der Waals surface area contributed by atoms with E-state index < -0.39 is 0 Å². The van der Waals surface area contributed by atoms with Crippen LogP contribution >= 0.6 is 0 Å². The SMILES string of the molecule is CNC(=O)c1ccc2c(c1)[C@H](c1ccc(F)cc1)N(C(=O)NCC13CCN(CC1)CC3)CC2. The highest BCUT2D eigenvalue weighted by atomic mass is 19.1. The van der Waals surface area contributed by atoms with Gasteiger partial charge >= 0.3 is 6.03 Å². The van der Waals surface area contributed by atoms with E-state index in [1.807, 2.05) is 23.1 Å². The van der Waals surface area contributed by atoms with Gasteiger partial charge in [0, 0.05) is 25.7 Å². The van der Waals surface area contributed by atoms with Crippen molar-refractivity contribution in [2.75, 3.05) is 39.8 Å². The Hall–Kier alpha value is -2.93. The molecule has 33 heavy (non-hydrogen) atoms. The molecule has 6 nitrogen and oxygen atoms in total. The number of benzene rings is 2. The van der Waals surface area contributed by atoms with Crippen molar-refractivity contribution in [2.24, 2.45) is 5.41 Å². The second-order valence-electron chi connectivity index (χ2n) is 9.64. The maximum Gasteiger partial charge on any atom is 0.318 e. The summed E-state index contributed by atoms with van der Waals surface area (Å²) in [7, 11) is 1.61. The second-order valence-corrected chi connectivity index (χ2v) is 9.64. The van der Waals surface area contributed by atoms with E-state index in [2.05, 4.69) is 15.5 Å². The van der Waals surface area contributed by atoms with Crippen molar-refractivity contribution in [1.29, 1.82) is 0 Å². The molecule has 2 bridgehead atoms. The number of rotatable bonds is 4. The van der Waals surface area contributed by atoms with Crippen molar-refractivity contribution >= 4 is 11.9 Å². The van der Waals surface area contributed by atoms with Crippen LogP contribution in [0.4, 0.5) is 9.18 Å². The predicted molar refractivity (Wildman–Crippen MR) is 125 cm³/mol. The Balaban J connectivity index is 1.44. The Morgan fingerprint density at radius 3 is 2.39 bits per heavy atom. The normalized spacial score (nSPS) is 25.9. The molecule has 6 rings (SSSR count). The fourth-order valence-electron chi connectivity index (χ4n) is 5.65. The van der Waals surface area contributed by atoms with Crippen LogP contribution < -0.4 is 10.6 Å². The molecule has 1 atom stereocenters. The first kappa shape index (κ1) is 21.9. The summed E-state index contributed by atoms with van der Waals surface area (Å²) in [6, 6.07) is 11.5. The van der Waals surface area contributed by atoms with E-state index in [1.165, 1.54) is 12.1 Å². The van der Waals surface area contributed by atoms with Gasteiger partial charge in [-0.15, -0.1) is 0 Å². The maximum atomic E-state index is 13.7. The average Bonchev–Trinajstić information content (AvgIpc) is 2.87. The highest BCUT2D eigenvalue weighted by Crippen LogP contribution is 2.40. The molecule has 7 heteroatoms. The zero-order valence-electron chi connectivity index (χ0n) is 19.1. The first-order chi connectivity index (χ1) is 16.0. The summed E-state index contributed by atoms with van der Waals surface area (Å²) in [5, 5.41) is 5.91. The number of fused-ring (bicyclic) bond motifs is 4. The van der Waals surface area contributed by atoms with Crippen molar-refractivity contribution in [3.05, 3.63) is 70.5 Å². The quantitative estimate of drug-likeness (QED) is 0.751. The van der Waals surface area contributed by atoms with Gasteiger partial charge in [-0.2, -0.15) is 0 Å². The molecular formula is C26H31FN4O2. The van der Waals surface area contributed by atoms with Crippen LogP contribution in [0.15, 0.2) is 42.5 Å². The molecule has 0 saturated carbocycles. The van der Waals surface area contributed by atoms with Crippen LogP contribution in [0.2, 0.25) is 0 Å². The van der Waals surface area contributed by atoms with Gasteiger partial charge < -0.3 is 20.4 Å². The largest absolute Gasteiger partial charge is 0.355 e. The van der Waals surface area contributed by atoms with Gasteiger partial charge in [0.15, 0.2) is 0 Å². The van der Waals surface area contributed by atoms with Crippen molar-refractivity contribution in [2.45, 2.75) is 31.7 Å². The lowest BCUT2D eigenvalue weighted by Crippen LogP contribution is -2.54. The van der Waals surface area contributed by atoms with Crippen LogP contribution in [0, 0.1) is 11.2 Å². The van der Waals surface area contributed by atoms with E-state index in [0.717, 1.165) is 55.6 Å². The third-order valence-electron chi connectivity index (χ3n) is 7.80. The molecule has 4 heterocycles.